The number of hydrogen-bond donors (Lipinski definition) is 0. The summed E-state index contributed by atoms with van der Waals surface area (Å²) in [5.41, 5.74) is -2.54. The molecule has 0 aliphatic heterocycles. The van der Waals surface area contributed by atoms with Crippen LogP contribution >= 0.6 is 15.9 Å². The molecule has 0 N–H and O–H groups in total. The van der Waals surface area contributed by atoms with Crippen LogP contribution in [-0.4, -0.2) is 35.6 Å². The number of aromatic nitrogens is 1. The van der Waals surface area contributed by atoms with Crippen LogP contribution in [0.4, 0.5) is 13.2 Å². The Kier molecular flexibility index (Phi) is 6.47. The molecule has 26 heavy (non-hydrogen) atoms. The van der Waals surface area contributed by atoms with Crippen molar-refractivity contribution < 1.29 is 22.7 Å². The molecule has 0 saturated carbocycles. The van der Waals surface area contributed by atoms with Gasteiger partial charge in [0.05, 0.1) is 6.54 Å². The van der Waals surface area contributed by atoms with Gasteiger partial charge < -0.3 is 14.2 Å². The monoisotopic (exact) mass is 432 g/mol. The third-order valence-corrected chi connectivity index (χ3v) is 4.09. The Morgan fingerprint density at radius 2 is 1.88 bits per heavy atom. The summed E-state index contributed by atoms with van der Waals surface area (Å²) < 4.78 is 45.4. The lowest BCUT2D eigenvalue weighted by Gasteiger charge is -2.18. The summed E-state index contributed by atoms with van der Waals surface area (Å²) in [4.78, 5) is 25.3. The van der Waals surface area contributed by atoms with Gasteiger partial charge in [-0.2, -0.15) is 13.2 Å². The van der Waals surface area contributed by atoms with Gasteiger partial charge >= 0.3 is 6.18 Å². The van der Waals surface area contributed by atoms with Crippen molar-refractivity contribution in [1.82, 2.24) is 9.47 Å². The molecule has 0 unspecified atom stereocenters. The summed E-state index contributed by atoms with van der Waals surface area (Å²) in [7, 11) is 1.49. The van der Waals surface area contributed by atoms with Crippen molar-refractivity contribution in [1.29, 1.82) is 0 Å². The average molecular weight is 433 g/mol. The Morgan fingerprint density at radius 3 is 2.50 bits per heavy atom. The normalized spacial score (nSPS) is 11.3. The third-order valence-electron chi connectivity index (χ3n) is 3.57. The highest BCUT2D eigenvalue weighted by molar-refractivity contribution is 9.10. The van der Waals surface area contributed by atoms with Crippen molar-refractivity contribution in [3.8, 4) is 5.75 Å². The molecule has 0 fully saturated rings. The number of alkyl halides is 3. The number of benzene rings is 1. The van der Waals surface area contributed by atoms with Gasteiger partial charge in [0.1, 0.15) is 24.5 Å². The van der Waals surface area contributed by atoms with Crippen molar-refractivity contribution in [2.75, 3.05) is 20.2 Å². The molecule has 0 aliphatic rings. The third kappa shape index (κ3) is 5.35. The second-order valence-electron chi connectivity index (χ2n) is 5.47. The molecular weight excluding hydrogens is 417 g/mol. The summed E-state index contributed by atoms with van der Waals surface area (Å²) in [6.45, 7) is -0.0402. The predicted octanol–water partition coefficient (Wildman–Crippen LogP) is 3.17. The molecule has 0 spiro atoms. The Balaban J connectivity index is 1.93. The van der Waals surface area contributed by atoms with Gasteiger partial charge in [-0.25, -0.2) is 0 Å². The van der Waals surface area contributed by atoms with E-state index in [1.165, 1.54) is 11.9 Å². The van der Waals surface area contributed by atoms with E-state index >= 15 is 0 Å². The largest absolute Gasteiger partial charge is 0.492 e. The van der Waals surface area contributed by atoms with E-state index in [1.54, 1.807) is 12.1 Å². The lowest BCUT2D eigenvalue weighted by atomic mass is 10.2. The molecule has 5 nitrogen and oxygen atoms in total. The van der Waals surface area contributed by atoms with Crippen LogP contribution in [0.2, 0.25) is 0 Å². The zero-order chi connectivity index (χ0) is 19.3. The lowest BCUT2D eigenvalue weighted by molar-refractivity contribution is -0.139. The topological polar surface area (TPSA) is 51.5 Å². The van der Waals surface area contributed by atoms with E-state index in [2.05, 4.69) is 15.9 Å². The number of likely N-dealkylation sites (N-methyl/N-ethyl adjacent to an activating group) is 1. The highest BCUT2D eigenvalue weighted by atomic mass is 79.9. The van der Waals surface area contributed by atoms with E-state index in [4.69, 9.17) is 4.74 Å². The maximum Gasteiger partial charge on any atom is 0.421 e. The summed E-state index contributed by atoms with van der Waals surface area (Å²) in [6.07, 6.45) is -3.60. The number of hydrogen-bond acceptors (Lipinski definition) is 3. The van der Waals surface area contributed by atoms with Crippen molar-refractivity contribution in [2.45, 2.75) is 12.7 Å². The number of nitrogens with zero attached hydrogens (tertiary/aromatic N) is 2. The fourth-order valence-electron chi connectivity index (χ4n) is 2.10. The Hall–Kier alpha value is -2.29. The first-order valence-corrected chi connectivity index (χ1v) is 8.37. The van der Waals surface area contributed by atoms with Crippen LogP contribution in [0.25, 0.3) is 0 Å². The fraction of sp³-hybridized carbons (Fsp3) is 0.294. The second kappa shape index (κ2) is 8.39. The Morgan fingerprint density at radius 1 is 1.23 bits per heavy atom. The highest BCUT2D eigenvalue weighted by Gasteiger charge is 2.34. The molecule has 0 atom stereocenters. The van der Waals surface area contributed by atoms with Crippen LogP contribution in [0, 0.1) is 0 Å². The van der Waals surface area contributed by atoms with Crippen LogP contribution in [0.3, 0.4) is 0 Å². The summed E-state index contributed by atoms with van der Waals surface area (Å²) in [5.74, 6) is 0.133. The molecule has 1 heterocycles. The first-order valence-electron chi connectivity index (χ1n) is 7.57. The number of halogens is 4. The van der Waals surface area contributed by atoms with Crippen molar-refractivity contribution in [3.05, 3.63) is 63.0 Å². The van der Waals surface area contributed by atoms with E-state index in [-0.39, 0.29) is 13.2 Å². The molecule has 140 valence electrons. The van der Waals surface area contributed by atoms with Crippen LogP contribution in [0.15, 0.2) is 51.9 Å². The molecule has 1 aromatic heterocycles. The van der Waals surface area contributed by atoms with Gasteiger partial charge in [-0.15, -0.1) is 0 Å². The van der Waals surface area contributed by atoms with Crippen molar-refractivity contribution in [3.63, 3.8) is 0 Å². The first-order chi connectivity index (χ1) is 12.2. The summed E-state index contributed by atoms with van der Waals surface area (Å²) >= 11 is 3.30. The lowest BCUT2D eigenvalue weighted by Crippen LogP contribution is -2.37. The Bertz CT molecular complexity index is 819. The average Bonchev–Trinajstić information content (AvgIpc) is 2.57. The molecule has 9 heteroatoms. The minimum Gasteiger partial charge on any atom is -0.492 e. The number of ether oxygens (including phenoxy) is 1. The van der Waals surface area contributed by atoms with E-state index in [9.17, 15) is 22.8 Å². The number of carbonyl (C=O) groups excluding carboxylic acids is 1. The molecule has 0 radical (unpaired) electrons. The van der Waals surface area contributed by atoms with E-state index in [0.29, 0.717) is 11.8 Å². The van der Waals surface area contributed by atoms with Gasteiger partial charge in [0, 0.05) is 17.7 Å². The number of carbonyl (C=O) groups is 1. The smallest absolute Gasteiger partial charge is 0.421 e. The maximum absolute atomic E-state index is 12.7. The van der Waals surface area contributed by atoms with Gasteiger partial charge in [0.2, 0.25) is 5.91 Å². The SMILES string of the molecule is CN(CCOc1ccc(Br)cc1)C(=O)Cn1cccc(C(F)(F)F)c1=O. The van der Waals surface area contributed by atoms with Gasteiger partial charge in [0.15, 0.2) is 0 Å². The quantitative estimate of drug-likeness (QED) is 0.704. The molecule has 1 aromatic carbocycles. The zero-order valence-electron chi connectivity index (χ0n) is 13.8. The van der Waals surface area contributed by atoms with Gasteiger partial charge in [0.25, 0.3) is 5.56 Å². The fourth-order valence-corrected chi connectivity index (χ4v) is 2.36. The molecule has 1 amide bonds. The van der Waals surface area contributed by atoms with Crippen molar-refractivity contribution >= 4 is 21.8 Å². The number of amides is 1. The number of rotatable bonds is 6. The predicted molar refractivity (Wildman–Crippen MR) is 93.0 cm³/mol. The number of pyridine rings is 1. The van der Waals surface area contributed by atoms with Crippen LogP contribution in [0.5, 0.6) is 5.75 Å². The van der Waals surface area contributed by atoms with Crippen molar-refractivity contribution in [2.24, 2.45) is 0 Å². The molecule has 0 bridgehead atoms. The minimum atomic E-state index is -4.76. The standard InChI is InChI=1S/C17H16BrF3N2O3/c1-22(9-10-26-13-6-4-12(18)5-7-13)15(24)11-23-8-2-3-14(16(23)25)17(19,20)21/h2-8H,9-11H2,1H3. The minimum absolute atomic E-state index is 0.210. The summed E-state index contributed by atoms with van der Waals surface area (Å²) in [5, 5.41) is 0. The molecule has 0 aliphatic carbocycles. The molecule has 2 aromatic rings. The first kappa shape index (κ1) is 20.0. The maximum atomic E-state index is 12.7. The summed E-state index contributed by atoms with van der Waals surface area (Å²) in [6, 6.07) is 8.92. The van der Waals surface area contributed by atoms with Gasteiger partial charge in [-0.05, 0) is 36.4 Å². The van der Waals surface area contributed by atoms with E-state index < -0.39 is 29.8 Å². The zero-order valence-corrected chi connectivity index (χ0v) is 15.4. The Labute approximate surface area is 156 Å². The van der Waals surface area contributed by atoms with Crippen LogP contribution in [-0.2, 0) is 17.5 Å². The molecule has 2 rings (SSSR count). The molecule has 0 saturated heterocycles. The van der Waals surface area contributed by atoms with Crippen LogP contribution in [0.1, 0.15) is 5.56 Å². The van der Waals surface area contributed by atoms with Crippen LogP contribution < -0.4 is 10.3 Å². The van der Waals surface area contributed by atoms with Gasteiger partial charge in [-0.3, -0.25) is 9.59 Å². The van der Waals surface area contributed by atoms with E-state index in [1.807, 2.05) is 12.1 Å². The highest BCUT2D eigenvalue weighted by Crippen LogP contribution is 2.25. The van der Waals surface area contributed by atoms with E-state index in [0.717, 1.165) is 21.3 Å². The van der Waals surface area contributed by atoms with Gasteiger partial charge in [-0.1, -0.05) is 15.9 Å². The second-order valence-corrected chi connectivity index (χ2v) is 6.39. The molecular formula is C17H16BrF3N2O3.